The molecule has 26 heavy (non-hydrogen) atoms. The van der Waals surface area contributed by atoms with E-state index in [1.54, 1.807) is 11.3 Å². The van der Waals surface area contributed by atoms with Gasteiger partial charge in [-0.15, -0.1) is 11.3 Å². The number of nitrogens with one attached hydrogen (secondary N) is 1. The van der Waals surface area contributed by atoms with Crippen molar-refractivity contribution >= 4 is 50.8 Å². The Bertz CT molecular complexity index is 954. The summed E-state index contributed by atoms with van der Waals surface area (Å²) in [6, 6.07) is 7.44. The summed E-state index contributed by atoms with van der Waals surface area (Å²) in [7, 11) is 0. The van der Waals surface area contributed by atoms with Gasteiger partial charge in [0.2, 0.25) is 5.91 Å². The Morgan fingerprint density at radius 1 is 1.23 bits per heavy atom. The van der Waals surface area contributed by atoms with Crippen molar-refractivity contribution in [3.63, 3.8) is 0 Å². The van der Waals surface area contributed by atoms with E-state index in [9.17, 15) is 4.79 Å². The standard InChI is InChI=1S/C19H20ClN3OS2/c1-10-12(3)26-19-17(10)18(22-13(4)23-19)25-9-16(24)21-11(2)14-5-7-15(20)8-6-14/h5-8,11H,9H2,1-4H3,(H,21,24)/t11-/m1/s1. The second-order valence-corrected chi connectivity index (χ2v) is 8.77. The lowest BCUT2D eigenvalue weighted by atomic mass is 10.1. The van der Waals surface area contributed by atoms with Crippen LogP contribution >= 0.6 is 34.7 Å². The minimum atomic E-state index is -0.0716. The van der Waals surface area contributed by atoms with Crippen molar-refractivity contribution in [3.05, 3.63) is 51.1 Å². The predicted molar refractivity (Wildman–Crippen MR) is 110 cm³/mol. The first kappa shape index (κ1) is 19.1. The van der Waals surface area contributed by atoms with Gasteiger partial charge in [0.25, 0.3) is 0 Å². The monoisotopic (exact) mass is 405 g/mol. The highest BCUT2D eigenvalue weighted by molar-refractivity contribution is 8.00. The van der Waals surface area contributed by atoms with Gasteiger partial charge in [0, 0.05) is 15.3 Å². The fourth-order valence-electron chi connectivity index (χ4n) is 2.67. The summed E-state index contributed by atoms with van der Waals surface area (Å²) < 4.78 is 0. The molecule has 1 aromatic carbocycles. The molecule has 0 saturated heterocycles. The maximum atomic E-state index is 12.4. The van der Waals surface area contributed by atoms with Crippen molar-refractivity contribution in [3.8, 4) is 0 Å². The summed E-state index contributed by atoms with van der Waals surface area (Å²) in [5.74, 6) is 1.03. The van der Waals surface area contributed by atoms with E-state index >= 15 is 0 Å². The molecule has 0 radical (unpaired) electrons. The molecule has 1 N–H and O–H groups in total. The molecule has 4 nitrogen and oxygen atoms in total. The summed E-state index contributed by atoms with van der Waals surface area (Å²) in [6.45, 7) is 8.02. The summed E-state index contributed by atoms with van der Waals surface area (Å²) in [5.41, 5.74) is 2.22. The number of benzene rings is 1. The Balaban J connectivity index is 1.70. The number of fused-ring (bicyclic) bond motifs is 1. The molecule has 1 amide bonds. The number of hydrogen-bond acceptors (Lipinski definition) is 5. The average molecular weight is 406 g/mol. The fraction of sp³-hybridized carbons (Fsp3) is 0.316. The largest absolute Gasteiger partial charge is 0.349 e. The fourth-order valence-corrected chi connectivity index (χ4v) is 4.88. The summed E-state index contributed by atoms with van der Waals surface area (Å²) in [6.07, 6.45) is 0. The van der Waals surface area contributed by atoms with Gasteiger partial charge in [0.15, 0.2) is 0 Å². The van der Waals surface area contributed by atoms with Crippen LogP contribution in [0.15, 0.2) is 29.3 Å². The highest BCUT2D eigenvalue weighted by Gasteiger charge is 2.16. The number of nitrogens with zero attached hydrogens (tertiary/aromatic N) is 2. The molecule has 0 aliphatic carbocycles. The van der Waals surface area contributed by atoms with E-state index in [0.29, 0.717) is 10.8 Å². The Labute approximate surface area is 166 Å². The van der Waals surface area contributed by atoms with Crippen molar-refractivity contribution in [2.24, 2.45) is 0 Å². The van der Waals surface area contributed by atoms with Crippen LogP contribution in [-0.4, -0.2) is 21.6 Å². The number of aromatic nitrogens is 2. The molecule has 2 aromatic heterocycles. The summed E-state index contributed by atoms with van der Waals surface area (Å²) in [5, 5.41) is 5.66. The van der Waals surface area contributed by atoms with Gasteiger partial charge in [-0.1, -0.05) is 35.5 Å². The molecule has 0 bridgehead atoms. The normalized spacial score (nSPS) is 12.3. The quantitative estimate of drug-likeness (QED) is 0.465. The van der Waals surface area contributed by atoms with Gasteiger partial charge >= 0.3 is 0 Å². The third-order valence-corrected chi connectivity index (χ3v) is 6.52. The molecule has 0 aliphatic heterocycles. The highest BCUT2D eigenvalue weighted by Crippen LogP contribution is 2.35. The van der Waals surface area contributed by atoms with E-state index in [1.165, 1.54) is 22.2 Å². The lowest BCUT2D eigenvalue weighted by Gasteiger charge is -2.14. The van der Waals surface area contributed by atoms with E-state index in [4.69, 9.17) is 11.6 Å². The first-order chi connectivity index (χ1) is 12.3. The van der Waals surface area contributed by atoms with Crippen LogP contribution in [0.25, 0.3) is 10.2 Å². The van der Waals surface area contributed by atoms with Crippen LogP contribution in [0.4, 0.5) is 0 Å². The molecular weight excluding hydrogens is 386 g/mol. The number of thiophene rings is 1. The molecule has 2 heterocycles. The van der Waals surface area contributed by atoms with E-state index in [0.717, 1.165) is 26.6 Å². The van der Waals surface area contributed by atoms with Crippen LogP contribution in [0, 0.1) is 20.8 Å². The smallest absolute Gasteiger partial charge is 0.230 e. The van der Waals surface area contributed by atoms with Gasteiger partial charge in [0.05, 0.1) is 11.8 Å². The van der Waals surface area contributed by atoms with Gasteiger partial charge < -0.3 is 5.32 Å². The zero-order chi connectivity index (χ0) is 18.8. The summed E-state index contributed by atoms with van der Waals surface area (Å²) in [4.78, 5) is 23.7. The number of aryl methyl sites for hydroxylation is 3. The molecule has 0 aliphatic rings. The molecule has 0 unspecified atom stereocenters. The number of amides is 1. The number of hydrogen-bond donors (Lipinski definition) is 1. The molecule has 0 saturated carbocycles. The number of halogens is 1. The minimum Gasteiger partial charge on any atom is -0.349 e. The van der Waals surface area contributed by atoms with E-state index < -0.39 is 0 Å². The molecule has 3 aromatic rings. The number of carbonyl (C=O) groups is 1. The highest BCUT2D eigenvalue weighted by atomic mass is 35.5. The molecule has 0 spiro atoms. The van der Waals surface area contributed by atoms with Crippen molar-refractivity contribution in [1.29, 1.82) is 0 Å². The van der Waals surface area contributed by atoms with Crippen molar-refractivity contribution < 1.29 is 4.79 Å². The third-order valence-electron chi connectivity index (χ3n) is 4.19. The second kappa shape index (κ2) is 7.94. The molecular formula is C19H20ClN3OS2. The van der Waals surface area contributed by atoms with Crippen molar-refractivity contribution in [1.82, 2.24) is 15.3 Å². The summed E-state index contributed by atoms with van der Waals surface area (Å²) >= 11 is 9.05. The zero-order valence-corrected chi connectivity index (χ0v) is 17.5. The SMILES string of the molecule is Cc1nc(SCC(=O)N[C@H](C)c2ccc(Cl)cc2)c2c(C)c(C)sc2n1. The third kappa shape index (κ3) is 4.19. The minimum absolute atomic E-state index is 0.0218. The van der Waals surface area contributed by atoms with E-state index in [2.05, 4.69) is 29.1 Å². The van der Waals surface area contributed by atoms with Gasteiger partial charge in [0.1, 0.15) is 15.7 Å². The van der Waals surface area contributed by atoms with Crippen molar-refractivity contribution in [2.45, 2.75) is 38.8 Å². The van der Waals surface area contributed by atoms with Crippen LogP contribution in [-0.2, 0) is 4.79 Å². The predicted octanol–water partition coefficient (Wildman–Crippen LogP) is 5.24. The number of carbonyl (C=O) groups excluding carboxylic acids is 1. The number of rotatable bonds is 5. The maximum Gasteiger partial charge on any atom is 0.230 e. The second-order valence-electron chi connectivity index (χ2n) is 6.17. The van der Waals surface area contributed by atoms with Gasteiger partial charge in [-0.3, -0.25) is 4.79 Å². The lowest BCUT2D eigenvalue weighted by Crippen LogP contribution is -2.28. The van der Waals surface area contributed by atoms with Crippen LogP contribution in [0.3, 0.4) is 0 Å². The first-order valence-corrected chi connectivity index (χ1v) is 10.4. The van der Waals surface area contributed by atoms with Gasteiger partial charge in [-0.2, -0.15) is 0 Å². The van der Waals surface area contributed by atoms with Crippen LogP contribution in [0.1, 0.15) is 34.8 Å². The van der Waals surface area contributed by atoms with Crippen LogP contribution < -0.4 is 5.32 Å². The molecule has 7 heteroatoms. The molecule has 3 rings (SSSR count). The Morgan fingerprint density at radius 2 is 1.92 bits per heavy atom. The first-order valence-electron chi connectivity index (χ1n) is 8.27. The average Bonchev–Trinajstić information content (AvgIpc) is 2.87. The Hall–Kier alpha value is -1.63. The Morgan fingerprint density at radius 3 is 2.62 bits per heavy atom. The Kier molecular flexibility index (Phi) is 5.85. The topological polar surface area (TPSA) is 54.9 Å². The lowest BCUT2D eigenvalue weighted by molar-refractivity contribution is -0.119. The van der Waals surface area contributed by atoms with Gasteiger partial charge in [-0.25, -0.2) is 9.97 Å². The molecule has 1 atom stereocenters. The van der Waals surface area contributed by atoms with Crippen molar-refractivity contribution in [2.75, 3.05) is 5.75 Å². The van der Waals surface area contributed by atoms with Crippen LogP contribution in [0.2, 0.25) is 5.02 Å². The molecule has 136 valence electrons. The zero-order valence-electron chi connectivity index (χ0n) is 15.1. The van der Waals surface area contributed by atoms with Crippen LogP contribution in [0.5, 0.6) is 0 Å². The molecule has 0 fully saturated rings. The number of thioether (sulfide) groups is 1. The maximum absolute atomic E-state index is 12.4. The van der Waals surface area contributed by atoms with E-state index in [1.807, 2.05) is 38.1 Å². The van der Waals surface area contributed by atoms with Gasteiger partial charge in [-0.05, 0) is 51.0 Å². The van der Waals surface area contributed by atoms with E-state index in [-0.39, 0.29) is 11.9 Å².